The monoisotopic (exact) mass is 346 g/mol. The van der Waals surface area contributed by atoms with Crippen molar-refractivity contribution >= 4 is 11.6 Å². The Morgan fingerprint density at radius 3 is 2.76 bits per heavy atom. The van der Waals surface area contributed by atoms with E-state index < -0.39 is 0 Å². The lowest BCUT2D eigenvalue weighted by atomic mass is 9.86. The number of anilines is 1. The summed E-state index contributed by atoms with van der Waals surface area (Å²) >= 11 is 0. The van der Waals surface area contributed by atoms with Crippen LogP contribution in [0.2, 0.25) is 0 Å². The van der Waals surface area contributed by atoms with Crippen LogP contribution in [0.15, 0.2) is 24.3 Å². The number of piperazine rings is 1. The molecular weight excluding hydrogens is 314 g/mol. The lowest BCUT2D eigenvalue weighted by molar-refractivity contribution is -0.892. The van der Waals surface area contributed by atoms with Gasteiger partial charge in [-0.1, -0.05) is 25.8 Å². The van der Waals surface area contributed by atoms with Crippen molar-refractivity contribution in [2.45, 2.75) is 38.6 Å². The van der Waals surface area contributed by atoms with Crippen LogP contribution in [0, 0.1) is 5.92 Å². The van der Waals surface area contributed by atoms with E-state index in [9.17, 15) is 4.79 Å². The predicted molar refractivity (Wildman–Crippen MR) is 100 cm³/mol. The van der Waals surface area contributed by atoms with Crippen molar-refractivity contribution in [3.63, 3.8) is 0 Å². The Morgan fingerprint density at radius 1 is 1.28 bits per heavy atom. The minimum Gasteiger partial charge on any atom is -0.497 e. The molecule has 1 amide bonds. The van der Waals surface area contributed by atoms with Gasteiger partial charge in [0.25, 0.3) is 5.91 Å². The van der Waals surface area contributed by atoms with Gasteiger partial charge in [-0.05, 0) is 30.9 Å². The summed E-state index contributed by atoms with van der Waals surface area (Å²) in [6.07, 6.45) is 4.95. The topological polar surface area (TPSA) is 46.0 Å². The maximum absolute atomic E-state index is 12.4. The van der Waals surface area contributed by atoms with Crippen molar-refractivity contribution in [1.29, 1.82) is 0 Å². The van der Waals surface area contributed by atoms with Gasteiger partial charge in [0.15, 0.2) is 6.54 Å². The van der Waals surface area contributed by atoms with Crippen molar-refractivity contribution in [3.8, 4) is 5.75 Å². The van der Waals surface area contributed by atoms with Gasteiger partial charge >= 0.3 is 0 Å². The van der Waals surface area contributed by atoms with Gasteiger partial charge < -0.3 is 19.9 Å². The average molecular weight is 346 g/mol. The average Bonchev–Trinajstić information content (AvgIpc) is 2.64. The number of carbonyl (C=O) groups is 1. The second-order valence-corrected chi connectivity index (χ2v) is 7.55. The fourth-order valence-electron chi connectivity index (χ4n) is 4.08. The molecule has 2 aliphatic rings. The number of nitrogens with one attached hydrogen (secondary N) is 2. The number of methoxy groups -OCH3 is 1. The Morgan fingerprint density at radius 2 is 2.04 bits per heavy atom. The predicted octanol–water partition coefficient (Wildman–Crippen LogP) is 1.10. The van der Waals surface area contributed by atoms with E-state index in [-0.39, 0.29) is 5.91 Å². The molecule has 138 valence electrons. The first-order valence-corrected chi connectivity index (χ1v) is 9.67. The Bertz CT molecular complexity index is 570. The second kappa shape index (κ2) is 8.56. The van der Waals surface area contributed by atoms with Gasteiger partial charge in [0.2, 0.25) is 0 Å². The molecule has 0 bridgehead atoms. The number of rotatable bonds is 5. The molecule has 2 atom stereocenters. The van der Waals surface area contributed by atoms with Crippen LogP contribution >= 0.6 is 0 Å². The largest absolute Gasteiger partial charge is 0.497 e. The number of nitrogens with zero attached hydrogens (tertiary/aromatic N) is 1. The zero-order valence-corrected chi connectivity index (χ0v) is 15.6. The fourth-order valence-corrected chi connectivity index (χ4v) is 4.08. The molecule has 1 aromatic carbocycles. The van der Waals surface area contributed by atoms with Crippen molar-refractivity contribution < 1.29 is 14.4 Å². The van der Waals surface area contributed by atoms with E-state index in [1.165, 1.54) is 29.8 Å². The third kappa shape index (κ3) is 4.88. The molecule has 1 aliphatic carbocycles. The van der Waals surface area contributed by atoms with E-state index in [1.54, 1.807) is 7.11 Å². The standard InChI is InChI=1S/C20H31N3O2/c1-16-6-3-4-9-19(16)21-20(24)15-22-10-12-23(13-11-22)17-7-5-8-18(14-17)25-2/h5,7-8,14,16,19H,3-4,6,9-13,15H2,1-2H3,(H,21,24)/p+1/t16-,19-/m1/s1. The van der Waals surface area contributed by atoms with E-state index in [1.807, 2.05) is 12.1 Å². The van der Waals surface area contributed by atoms with Crippen molar-refractivity contribution in [1.82, 2.24) is 5.32 Å². The van der Waals surface area contributed by atoms with Gasteiger partial charge in [0, 0.05) is 17.8 Å². The number of hydrogen-bond donors (Lipinski definition) is 2. The highest BCUT2D eigenvalue weighted by molar-refractivity contribution is 5.77. The maximum atomic E-state index is 12.4. The van der Waals surface area contributed by atoms with Gasteiger partial charge in [-0.25, -0.2) is 0 Å². The van der Waals surface area contributed by atoms with Crippen LogP contribution in [-0.2, 0) is 4.79 Å². The minimum atomic E-state index is 0.226. The van der Waals surface area contributed by atoms with E-state index in [0.717, 1.165) is 38.3 Å². The minimum absolute atomic E-state index is 0.226. The third-order valence-electron chi connectivity index (χ3n) is 5.76. The third-order valence-corrected chi connectivity index (χ3v) is 5.76. The molecule has 3 rings (SSSR count). The van der Waals surface area contributed by atoms with E-state index >= 15 is 0 Å². The summed E-state index contributed by atoms with van der Waals surface area (Å²) in [6.45, 7) is 6.85. The summed E-state index contributed by atoms with van der Waals surface area (Å²) in [5.74, 6) is 1.74. The highest BCUT2D eigenvalue weighted by atomic mass is 16.5. The van der Waals surface area contributed by atoms with Gasteiger partial charge in [0.05, 0.1) is 33.3 Å². The molecule has 5 heteroatoms. The zero-order chi connectivity index (χ0) is 17.6. The van der Waals surface area contributed by atoms with Crippen LogP contribution in [0.4, 0.5) is 5.69 Å². The van der Waals surface area contributed by atoms with Crippen LogP contribution in [0.5, 0.6) is 5.75 Å². The number of benzene rings is 1. The van der Waals surface area contributed by atoms with Crippen molar-refractivity contribution in [2.24, 2.45) is 5.92 Å². The molecule has 2 N–H and O–H groups in total. The summed E-state index contributed by atoms with van der Waals surface area (Å²) in [5.41, 5.74) is 1.21. The van der Waals surface area contributed by atoms with Crippen LogP contribution < -0.4 is 19.9 Å². The lowest BCUT2D eigenvalue weighted by Gasteiger charge is -2.34. The lowest BCUT2D eigenvalue weighted by Crippen LogP contribution is -3.16. The Kier molecular flexibility index (Phi) is 6.19. The Balaban J connectivity index is 1.45. The molecule has 2 fully saturated rings. The molecule has 0 spiro atoms. The molecule has 1 aromatic rings. The van der Waals surface area contributed by atoms with Crippen LogP contribution in [0.1, 0.15) is 32.6 Å². The summed E-state index contributed by atoms with van der Waals surface area (Å²) < 4.78 is 5.32. The molecule has 0 aromatic heterocycles. The summed E-state index contributed by atoms with van der Waals surface area (Å²) in [6, 6.07) is 8.61. The van der Waals surface area contributed by atoms with Crippen LogP contribution in [0.25, 0.3) is 0 Å². The number of quaternary nitrogens is 1. The highest BCUT2D eigenvalue weighted by Crippen LogP contribution is 2.23. The molecule has 0 unspecified atom stereocenters. The highest BCUT2D eigenvalue weighted by Gasteiger charge is 2.26. The number of hydrogen-bond acceptors (Lipinski definition) is 3. The number of ether oxygens (including phenoxy) is 1. The molecule has 1 heterocycles. The molecule has 0 radical (unpaired) electrons. The summed E-state index contributed by atoms with van der Waals surface area (Å²) in [5, 5.41) is 3.28. The Hall–Kier alpha value is -1.75. The van der Waals surface area contributed by atoms with Crippen molar-refractivity contribution in [3.05, 3.63) is 24.3 Å². The number of carbonyl (C=O) groups excluding carboxylic acids is 1. The molecular formula is C20H32N3O2+. The van der Waals surface area contributed by atoms with E-state index in [2.05, 4.69) is 29.3 Å². The molecule has 1 saturated heterocycles. The first kappa shape index (κ1) is 18.1. The summed E-state index contributed by atoms with van der Waals surface area (Å²) in [4.78, 5) is 16.2. The fraction of sp³-hybridized carbons (Fsp3) is 0.650. The molecule has 1 aliphatic heterocycles. The Labute approximate surface area is 151 Å². The molecule has 5 nitrogen and oxygen atoms in total. The SMILES string of the molecule is COc1cccc(N2CC[NH+](CC(=O)N[C@@H]3CCCC[C@H]3C)CC2)c1. The maximum Gasteiger partial charge on any atom is 0.275 e. The first-order chi connectivity index (χ1) is 12.2. The van der Waals surface area contributed by atoms with Gasteiger partial charge in [0.1, 0.15) is 5.75 Å². The molecule has 25 heavy (non-hydrogen) atoms. The quantitative estimate of drug-likeness (QED) is 0.839. The zero-order valence-electron chi connectivity index (χ0n) is 15.6. The van der Waals surface area contributed by atoms with E-state index in [4.69, 9.17) is 4.74 Å². The van der Waals surface area contributed by atoms with Gasteiger partial charge in [-0.15, -0.1) is 0 Å². The van der Waals surface area contributed by atoms with Crippen LogP contribution in [-0.4, -0.2) is 51.8 Å². The van der Waals surface area contributed by atoms with Gasteiger partial charge in [-0.2, -0.15) is 0 Å². The normalized spacial score (nSPS) is 24.8. The second-order valence-electron chi connectivity index (χ2n) is 7.55. The number of amides is 1. The smallest absolute Gasteiger partial charge is 0.275 e. The van der Waals surface area contributed by atoms with Crippen molar-refractivity contribution in [2.75, 3.05) is 44.7 Å². The van der Waals surface area contributed by atoms with Crippen LogP contribution in [0.3, 0.4) is 0 Å². The van der Waals surface area contributed by atoms with Gasteiger partial charge in [-0.3, -0.25) is 4.79 Å². The first-order valence-electron chi connectivity index (χ1n) is 9.67. The summed E-state index contributed by atoms with van der Waals surface area (Å²) in [7, 11) is 1.70. The van der Waals surface area contributed by atoms with E-state index in [0.29, 0.717) is 18.5 Å². The molecule has 1 saturated carbocycles.